The fourth-order valence-electron chi connectivity index (χ4n) is 2.05. The highest BCUT2D eigenvalue weighted by atomic mass is 79.9. The molecule has 0 unspecified atom stereocenters. The summed E-state index contributed by atoms with van der Waals surface area (Å²) < 4.78 is 0.841. The second-order valence-corrected chi connectivity index (χ2v) is 4.92. The van der Waals surface area contributed by atoms with Crippen LogP contribution in [0.3, 0.4) is 0 Å². The second kappa shape index (κ2) is 4.91. The molecule has 0 radical (unpaired) electrons. The van der Waals surface area contributed by atoms with E-state index in [0.717, 1.165) is 28.6 Å². The number of halogens is 1. The summed E-state index contributed by atoms with van der Waals surface area (Å²) in [4.78, 5) is 16.0. The molecule has 1 aliphatic carbocycles. The smallest absolute Gasteiger partial charge is 0.159 e. The van der Waals surface area contributed by atoms with Gasteiger partial charge in [-0.1, -0.05) is 11.6 Å². The maximum absolute atomic E-state index is 11.8. The second-order valence-electron chi connectivity index (χ2n) is 4.17. The minimum absolute atomic E-state index is 0.305. The highest BCUT2D eigenvalue weighted by Crippen LogP contribution is 2.26. The largest absolute Gasteiger partial charge is 0.295 e. The summed E-state index contributed by atoms with van der Waals surface area (Å²) in [6.07, 6.45) is 5.21. The molecule has 2 rings (SSSR count). The molecule has 0 saturated heterocycles. The molecule has 1 heterocycles. The Morgan fingerprint density at radius 1 is 1.44 bits per heavy atom. The highest BCUT2D eigenvalue weighted by molar-refractivity contribution is 9.10. The Balaban J connectivity index is 2.27. The van der Waals surface area contributed by atoms with Crippen LogP contribution in [0.15, 0.2) is 34.1 Å². The van der Waals surface area contributed by atoms with Gasteiger partial charge in [-0.25, -0.2) is 4.98 Å². The maximum Gasteiger partial charge on any atom is 0.159 e. The average Bonchev–Trinajstić information content (AvgIpc) is 2.26. The molecular formula is C13H14BrNO. The van der Waals surface area contributed by atoms with E-state index >= 15 is 0 Å². The molecular weight excluding hydrogens is 266 g/mol. The van der Waals surface area contributed by atoms with Crippen molar-refractivity contribution in [3.63, 3.8) is 0 Å². The first-order valence-corrected chi connectivity index (χ1v) is 6.29. The Kier molecular flexibility index (Phi) is 3.54. The molecule has 0 amide bonds. The standard InChI is InChI=1S/C13H14BrNO/c1-9-4-2-6-12(16)11(9)8-10-5-3-7-15-13(10)14/h3,5,7H,2,4,6,8H2,1H3. The molecule has 84 valence electrons. The van der Waals surface area contributed by atoms with Gasteiger partial charge in [0.1, 0.15) is 4.60 Å². The van der Waals surface area contributed by atoms with E-state index in [0.29, 0.717) is 18.6 Å². The first-order chi connectivity index (χ1) is 7.68. The third-order valence-corrected chi connectivity index (χ3v) is 3.72. The van der Waals surface area contributed by atoms with Crippen molar-refractivity contribution < 1.29 is 4.79 Å². The van der Waals surface area contributed by atoms with Gasteiger partial charge in [0.2, 0.25) is 0 Å². The predicted molar refractivity (Wildman–Crippen MR) is 67.2 cm³/mol. The minimum Gasteiger partial charge on any atom is -0.295 e. The molecule has 0 saturated carbocycles. The molecule has 0 aromatic carbocycles. The van der Waals surface area contributed by atoms with Gasteiger partial charge in [-0.2, -0.15) is 0 Å². The number of carbonyl (C=O) groups excluding carboxylic acids is 1. The number of hydrogen-bond donors (Lipinski definition) is 0. The Morgan fingerprint density at radius 3 is 2.94 bits per heavy atom. The summed E-state index contributed by atoms with van der Waals surface area (Å²) in [7, 11) is 0. The van der Waals surface area contributed by atoms with E-state index in [1.165, 1.54) is 5.57 Å². The van der Waals surface area contributed by atoms with Gasteiger partial charge in [-0.3, -0.25) is 4.79 Å². The number of rotatable bonds is 2. The normalized spacial score (nSPS) is 16.8. The van der Waals surface area contributed by atoms with Crippen LogP contribution in [0.4, 0.5) is 0 Å². The van der Waals surface area contributed by atoms with Crippen molar-refractivity contribution in [1.29, 1.82) is 0 Å². The summed E-state index contributed by atoms with van der Waals surface area (Å²) in [5.41, 5.74) is 3.32. The van der Waals surface area contributed by atoms with Gasteiger partial charge in [0.25, 0.3) is 0 Å². The van der Waals surface area contributed by atoms with Gasteiger partial charge in [0.15, 0.2) is 5.78 Å². The minimum atomic E-state index is 0.305. The zero-order chi connectivity index (χ0) is 11.5. The zero-order valence-corrected chi connectivity index (χ0v) is 10.9. The fraction of sp³-hybridized carbons (Fsp3) is 0.385. The molecule has 0 atom stereocenters. The summed E-state index contributed by atoms with van der Waals surface area (Å²) in [6, 6.07) is 3.92. The molecule has 1 aliphatic rings. The van der Waals surface area contributed by atoms with Crippen molar-refractivity contribution in [3.8, 4) is 0 Å². The third kappa shape index (κ3) is 2.40. The first kappa shape index (κ1) is 11.5. The van der Waals surface area contributed by atoms with Crippen molar-refractivity contribution >= 4 is 21.7 Å². The lowest BCUT2D eigenvalue weighted by atomic mass is 9.88. The molecule has 1 aromatic heterocycles. The van der Waals surface area contributed by atoms with Crippen molar-refractivity contribution in [3.05, 3.63) is 39.6 Å². The predicted octanol–water partition coefficient (Wildman–Crippen LogP) is 3.46. The first-order valence-electron chi connectivity index (χ1n) is 5.49. The molecule has 2 nitrogen and oxygen atoms in total. The van der Waals surface area contributed by atoms with Crippen LogP contribution in [-0.2, 0) is 11.2 Å². The number of ketones is 1. The van der Waals surface area contributed by atoms with Crippen molar-refractivity contribution in [2.45, 2.75) is 32.6 Å². The van der Waals surface area contributed by atoms with Crippen molar-refractivity contribution in [1.82, 2.24) is 4.98 Å². The molecule has 0 N–H and O–H groups in total. The Labute approximate surface area is 104 Å². The van der Waals surface area contributed by atoms with Gasteiger partial charge in [-0.05, 0) is 52.9 Å². The number of hydrogen-bond acceptors (Lipinski definition) is 2. The van der Waals surface area contributed by atoms with Crippen molar-refractivity contribution in [2.75, 3.05) is 0 Å². The third-order valence-electron chi connectivity index (χ3n) is 3.01. The molecule has 3 heteroatoms. The van der Waals surface area contributed by atoms with Gasteiger partial charge in [0, 0.05) is 19.0 Å². The van der Waals surface area contributed by atoms with E-state index < -0.39 is 0 Å². The summed E-state index contributed by atoms with van der Waals surface area (Å²) in [5, 5.41) is 0. The zero-order valence-electron chi connectivity index (χ0n) is 9.29. The van der Waals surface area contributed by atoms with Crippen LogP contribution in [-0.4, -0.2) is 10.8 Å². The van der Waals surface area contributed by atoms with Gasteiger partial charge in [0.05, 0.1) is 0 Å². The van der Waals surface area contributed by atoms with E-state index in [1.54, 1.807) is 6.20 Å². The molecule has 0 bridgehead atoms. The van der Waals surface area contributed by atoms with Crippen LogP contribution in [0.25, 0.3) is 0 Å². The number of pyridine rings is 1. The molecule has 0 spiro atoms. The number of aromatic nitrogens is 1. The SMILES string of the molecule is CC1=C(Cc2cccnc2Br)C(=O)CCC1. The van der Waals surface area contributed by atoms with E-state index in [1.807, 2.05) is 12.1 Å². The average molecular weight is 280 g/mol. The number of Topliss-reactive ketones (excluding diaryl/α,β-unsaturated/α-hetero) is 1. The molecule has 1 aromatic rings. The molecule has 16 heavy (non-hydrogen) atoms. The molecule has 0 fully saturated rings. The lowest BCUT2D eigenvalue weighted by Gasteiger charge is -2.16. The van der Waals surface area contributed by atoms with E-state index in [-0.39, 0.29) is 0 Å². The lowest BCUT2D eigenvalue weighted by Crippen LogP contribution is -2.13. The van der Waals surface area contributed by atoms with Gasteiger partial charge >= 0.3 is 0 Å². The lowest BCUT2D eigenvalue weighted by molar-refractivity contribution is -0.116. The monoisotopic (exact) mass is 279 g/mol. The van der Waals surface area contributed by atoms with Gasteiger partial charge in [-0.15, -0.1) is 0 Å². The van der Waals surface area contributed by atoms with Crippen molar-refractivity contribution in [2.24, 2.45) is 0 Å². The topological polar surface area (TPSA) is 30.0 Å². The number of carbonyl (C=O) groups is 1. The quantitative estimate of drug-likeness (QED) is 0.776. The van der Waals surface area contributed by atoms with Crippen LogP contribution in [0.1, 0.15) is 31.7 Å². The highest BCUT2D eigenvalue weighted by Gasteiger charge is 2.18. The number of allylic oxidation sites excluding steroid dienone is 2. The van der Waals surface area contributed by atoms with Crippen LogP contribution in [0.2, 0.25) is 0 Å². The summed E-state index contributed by atoms with van der Waals surface area (Å²) in [5.74, 6) is 0.305. The Bertz CT molecular complexity index is 451. The fourth-order valence-corrected chi connectivity index (χ4v) is 2.44. The summed E-state index contributed by atoms with van der Waals surface area (Å²) >= 11 is 3.42. The van der Waals surface area contributed by atoms with Crippen LogP contribution in [0, 0.1) is 0 Å². The van der Waals surface area contributed by atoms with Gasteiger partial charge < -0.3 is 0 Å². The number of nitrogens with zero attached hydrogens (tertiary/aromatic N) is 1. The van der Waals surface area contributed by atoms with Crippen LogP contribution in [0.5, 0.6) is 0 Å². The van der Waals surface area contributed by atoms with E-state index in [9.17, 15) is 4.79 Å². The Hall–Kier alpha value is -0.960. The summed E-state index contributed by atoms with van der Waals surface area (Å²) in [6.45, 7) is 2.07. The Morgan fingerprint density at radius 2 is 2.25 bits per heavy atom. The van der Waals surface area contributed by atoms with Crippen LogP contribution >= 0.6 is 15.9 Å². The van der Waals surface area contributed by atoms with E-state index in [4.69, 9.17) is 0 Å². The van der Waals surface area contributed by atoms with Crippen LogP contribution < -0.4 is 0 Å². The molecule has 0 aliphatic heterocycles. The van der Waals surface area contributed by atoms with E-state index in [2.05, 4.69) is 27.8 Å². The maximum atomic E-state index is 11.8.